The van der Waals surface area contributed by atoms with Crippen molar-refractivity contribution < 1.29 is 5.11 Å². The van der Waals surface area contributed by atoms with Gasteiger partial charge in [-0.25, -0.2) is 0 Å². The molecule has 0 aliphatic heterocycles. The van der Waals surface area contributed by atoms with Crippen molar-refractivity contribution in [2.24, 2.45) is 11.8 Å². The molecule has 1 aliphatic rings. The molecule has 0 spiro atoms. The Morgan fingerprint density at radius 1 is 1.33 bits per heavy atom. The molecule has 2 N–H and O–H groups in total. The molecule has 0 bridgehead atoms. The van der Waals surface area contributed by atoms with Crippen LogP contribution < -0.4 is 5.32 Å². The van der Waals surface area contributed by atoms with Crippen LogP contribution in [0.5, 0.6) is 5.75 Å². The van der Waals surface area contributed by atoms with Crippen LogP contribution in [0.3, 0.4) is 0 Å². The SMILES string of the molecule is CC1CCCC(NCc2cc(Cl)ccc2O)C1C. The molecular weight excluding hydrogens is 246 g/mol. The monoisotopic (exact) mass is 267 g/mol. The van der Waals surface area contributed by atoms with Gasteiger partial charge in [-0.3, -0.25) is 0 Å². The van der Waals surface area contributed by atoms with E-state index in [0.29, 0.717) is 29.3 Å². The van der Waals surface area contributed by atoms with Crippen molar-refractivity contribution in [1.82, 2.24) is 5.32 Å². The molecule has 2 rings (SSSR count). The molecular formula is C15H22ClNO. The molecule has 3 unspecified atom stereocenters. The first-order chi connectivity index (χ1) is 8.58. The maximum absolute atomic E-state index is 9.78. The van der Waals surface area contributed by atoms with Gasteiger partial charge in [-0.05, 0) is 36.5 Å². The molecule has 0 saturated heterocycles. The molecule has 0 radical (unpaired) electrons. The first kappa shape index (κ1) is 13.7. The van der Waals surface area contributed by atoms with Gasteiger partial charge in [0.05, 0.1) is 0 Å². The lowest BCUT2D eigenvalue weighted by Crippen LogP contribution is -2.40. The van der Waals surface area contributed by atoms with Crippen LogP contribution in [0.25, 0.3) is 0 Å². The molecule has 3 atom stereocenters. The average molecular weight is 268 g/mol. The van der Waals surface area contributed by atoms with Gasteiger partial charge in [0.15, 0.2) is 0 Å². The van der Waals surface area contributed by atoms with Gasteiger partial charge >= 0.3 is 0 Å². The summed E-state index contributed by atoms with van der Waals surface area (Å²) in [6.07, 6.45) is 3.86. The van der Waals surface area contributed by atoms with Crippen molar-refractivity contribution in [2.45, 2.75) is 45.7 Å². The first-order valence-electron chi connectivity index (χ1n) is 6.78. The van der Waals surface area contributed by atoms with Crippen LogP contribution in [-0.4, -0.2) is 11.1 Å². The summed E-state index contributed by atoms with van der Waals surface area (Å²) in [7, 11) is 0. The summed E-state index contributed by atoms with van der Waals surface area (Å²) in [6.45, 7) is 5.34. The molecule has 0 aromatic heterocycles. The van der Waals surface area contributed by atoms with Crippen LogP contribution >= 0.6 is 11.6 Å². The van der Waals surface area contributed by atoms with Crippen LogP contribution in [0.2, 0.25) is 5.02 Å². The number of hydrogen-bond donors (Lipinski definition) is 2. The van der Waals surface area contributed by atoms with Gasteiger partial charge in [0.1, 0.15) is 5.75 Å². The summed E-state index contributed by atoms with van der Waals surface area (Å²) in [5.74, 6) is 1.80. The van der Waals surface area contributed by atoms with E-state index in [1.165, 1.54) is 19.3 Å². The molecule has 0 heterocycles. The summed E-state index contributed by atoms with van der Waals surface area (Å²) in [5, 5.41) is 14.0. The minimum atomic E-state index is 0.323. The van der Waals surface area contributed by atoms with E-state index in [4.69, 9.17) is 11.6 Å². The standard InChI is InChI=1S/C15H22ClNO/c1-10-4-3-5-14(11(10)2)17-9-12-8-13(16)6-7-15(12)18/h6-8,10-11,14,17-18H,3-5,9H2,1-2H3. The highest BCUT2D eigenvalue weighted by atomic mass is 35.5. The number of phenols is 1. The summed E-state index contributed by atoms with van der Waals surface area (Å²) >= 11 is 5.95. The van der Waals surface area contributed by atoms with E-state index < -0.39 is 0 Å². The maximum Gasteiger partial charge on any atom is 0.120 e. The highest BCUT2D eigenvalue weighted by molar-refractivity contribution is 6.30. The van der Waals surface area contributed by atoms with E-state index in [-0.39, 0.29) is 0 Å². The van der Waals surface area contributed by atoms with Crippen LogP contribution in [0.1, 0.15) is 38.7 Å². The Kier molecular flexibility index (Phi) is 4.52. The Labute approximate surface area is 114 Å². The zero-order valence-corrected chi connectivity index (χ0v) is 11.9. The van der Waals surface area contributed by atoms with Crippen LogP contribution in [0, 0.1) is 11.8 Å². The van der Waals surface area contributed by atoms with Gasteiger partial charge in [-0.1, -0.05) is 38.3 Å². The Balaban J connectivity index is 1.96. The molecule has 100 valence electrons. The highest BCUT2D eigenvalue weighted by Crippen LogP contribution is 2.30. The number of halogens is 1. The smallest absolute Gasteiger partial charge is 0.120 e. The maximum atomic E-state index is 9.78. The zero-order valence-electron chi connectivity index (χ0n) is 11.1. The molecule has 0 amide bonds. The largest absolute Gasteiger partial charge is 0.508 e. The molecule has 1 aromatic carbocycles. The predicted molar refractivity (Wildman–Crippen MR) is 75.9 cm³/mol. The third kappa shape index (κ3) is 3.18. The molecule has 1 saturated carbocycles. The molecule has 1 fully saturated rings. The fourth-order valence-electron chi connectivity index (χ4n) is 2.81. The fourth-order valence-corrected chi connectivity index (χ4v) is 3.00. The van der Waals surface area contributed by atoms with Gasteiger partial charge in [0.25, 0.3) is 0 Å². The van der Waals surface area contributed by atoms with E-state index in [1.807, 2.05) is 6.07 Å². The Bertz CT molecular complexity index is 407. The lowest BCUT2D eigenvalue weighted by atomic mass is 9.78. The second-order valence-electron chi connectivity index (χ2n) is 5.53. The van der Waals surface area contributed by atoms with E-state index in [2.05, 4.69) is 19.2 Å². The van der Waals surface area contributed by atoms with Gasteiger partial charge < -0.3 is 10.4 Å². The van der Waals surface area contributed by atoms with Crippen LogP contribution in [-0.2, 0) is 6.54 Å². The van der Waals surface area contributed by atoms with Gasteiger partial charge in [0.2, 0.25) is 0 Å². The second kappa shape index (κ2) is 5.94. The lowest BCUT2D eigenvalue weighted by Gasteiger charge is -2.34. The van der Waals surface area contributed by atoms with Crippen molar-refractivity contribution in [3.05, 3.63) is 28.8 Å². The fraction of sp³-hybridized carbons (Fsp3) is 0.600. The number of phenolic OH excluding ortho intramolecular Hbond substituents is 1. The third-order valence-corrected chi connectivity index (χ3v) is 4.54. The minimum Gasteiger partial charge on any atom is -0.508 e. The zero-order chi connectivity index (χ0) is 13.1. The van der Waals surface area contributed by atoms with Crippen LogP contribution in [0.4, 0.5) is 0 Å². The van der Waals surface area contributed by atoms with Crippen molar-refractivity contribution in [2.75, 3.05) is 0 Å². The number of rotatable bonds is 3. The second-order valence-corrected chi connectivity index (χ2v) is 5.96. The molecule has 2 nitrogen and oxygen atoms in total. The Morgan fingerprint density at radius 3 is 2.89 bits per heavy atom. The topological polar surface area (TPSA) is 32.3 Å². The summed E-state index contributed by atoms with van der Waals surface area (Å²) in [6, 6.07) is 5.76. The van der Waals surface area contributed by atoms with Crippen molar-refractivity contribution in [1.29, 1.82) is 0 Å². The highest BCUT2D eigenvalue weighted by Gasteiger charge is 2.26. The van der Waals surface area contributed by atoms with Crippen molar-refractivity contribution in [3.63, 3.8) is 0 Å². The summed E-state index contributed by atoms with van der Waals surface area (Å²) < 4.78 is 0. The third-order valence-electron chi connectivity index (χ3n) is 4.30. The van der Waals surface area contributed by atoms with Crippen molar-refractivity contribution >= 4 is 11.6 Å². The summed E-state index contributed by atoms with van der Waals surface area (Å²) in [4.78, 5) is 0. The quantitative estimate of drug-likeness (QED) is 0.869. The summed E-state index contributed by atoms with van der Waals surface area (Å²) in [5.41, 5.74) is 0.882. The molecule has 1 aromatic rings. The van der Waals surface area contributed by atoms with Gasteiger partial charge in [-0.15, -0.1) is 0 Å². The molecule has 1 aliphatic carbocycles. The Hall–Kier alpha value is -0.730. The normalized spacial score (nSPS) is 28.3. The lowest BCUT2D eigenvalue weighted by molar-refractivity contribution is 0.205. The van der Waals surface area contributed by atoms with Crippen LogP contribution in [0.15, 0.2) is 18.2 Å². The first-order valence-corrected chi connectivity index (χ1v) is 7.16. The van der Waals surface area contributed by atoms with Gasteiger partial charge in [0, 0.05) is 23.2 Å². The Morgan fingerprint density at radius 2 is 2.11 bits per heavy atom. The number of nitrogens with one attached hydrogen (secondary N) is 1. The van der Waals surface area contributed by atoms with E-state index >= 15 is 0 Å². The molecule has 3 heteroatoms. The van der Waals surface area contributed by atoms with Crippen molar-refractivity contribution in [3.8, 4) is 5.75 Å². The van der Waals surface area contributed by atoms with E-state index in [1.54, 1.807) is 12.1 Å². The van der Waals surface area contributed by atoms with Gasteiger partial charge in [-0.2, -0.15) is 0 Å². The molecule has 18 heavy (non-hydrogen) atoms. The number of hydrogen-bond acceptors (Lipinski definition) is 2. The average Bonchev–Trinajstić information content (AvgIpc) is 2.35. The number of aromatic hydroxyl groups is 1. The predicted octanol–water partition coefficient (Wildman–Crippen LogP) is 3.96. The minimum absolute atomic E-state index is 0.323. The van der Waals surface area contributed by atoms with E-state index in [9.17, 15) is 5.11 Å². The van der Waals surface area contributed by atoms with E-state index in [0.717, 1.165) is 11.5 Å². The number of benzene rings is 1.